The first-order valence-corrected chi connectivity index (χ1v) is 44.7. The molecule has 22 aromatic rings. The van der Waals surface area contributed by atoms with Gasteiger partial charge in [0.25, 0.3) is 0 Å². The van der Waals surface area contributed by atoms with E-state index in [0.717, 1.165) is 199 Å². The van der Waals surface area contributed by atoms with E-state index in [2.05, 4.69) is 528 Å². The van der Waals surface area contributed by atoms with Crippen LogP contribution in [-0.2, 0) is 0 Å². The van der Waals surface area contributed by atoms with Gasteiger partial charge in [0.2, 0.25) is 0 Å². The summed E-state index contributed by atoms with van der Waals surface area (Å²) in [6.45, 7) is 0. The van der Waals surface area contributed by atoms with E-state index in [1.807, 2.05) is 12.1 Å². The smallest absolute Gasteiger partial charge is 0.104 e. The van der Waals surface area contributed by atoms with Crippen LogP contribution < -0.4 is 0 Å². The molecular formula is C126H84N6. The fraction of sp³-hybridized carbons (Fsp3) is 0. The normalized spacial score (nSPS) is 12.1. The molecule has 0 fully saturated rings. The van der Waals surface area contributed by atoms with Crippen LogP contribution in [0.3, 0.4) is 0 Å². The van der Waals surface area contributed by atoms with Crippen LogP contribution >= 0.6 is 0 Å². The van der Waals surface area contributed by atoms with E-state index in [4.69, 9.17) is 0 Å². The van der Waals surface area contributed by atoms with Crippen molar-refractivity contribution in [3.05, 3.63) is 513 Å². The van der Waals surface area contributed by atoms with Gasteiger partial charge in [-0.05, 0) is 204 Å². The Morgan fingerprint density at radius 2 is 0.326 bits per heavy atom. The number of rotatable bonds is 21. The zero-order chi connectivity index (χ0) is 88.2. The van der Waals surface area contributed by atoms with Gasteiger partial charge >= 0.3 is 0 Å². The second-order valence-electron chi connectivity index (χ2n) is 33.5. The van der Waals surface area contributed by atoms with Crippen molar-refractivity contribution >= 4 is 184 Å². The van der Waals surface area contributed by atoms with Crippen molar-refractivity contribution in [2.24, 2.45) is 0 Å². The lowest BCUT2D eigenvalue weighted by molar-refractivity contribution is 1.04. The molecule has 0 radical (unpaired) electrons. The molecule has 4 heterocycles. The quantitative estimate of drug-likeness (QED) is 0.0673. The molecule has 0 unspecified atom stereocenters. The second kappa shape index (κ2) is 35.5. The minimum Gasteiger partial charge on any atom is -0.306 e. The van der Waals surface area contributed by atoms with Gasteiger partial charge in [0.15, 0.2) is 0 Å². The summed E-state index contributed by atoms with van der Waals surface area (Å²) in [6.07, 6.45) is 35.1. The van der Waals surface area contributed by atoms with Crippen LogP contribution in [0.2, 0.25) is 0 Å². The summed E-state index contributed by atoms with van der Waals surface area (Å²) in [4.78, 5) is 0. The van der Waals surface area contributed by atoms with Crippen LogP contribution in [0.5, 0.6) is 0 Å². The van der Waals surface area contributed by atoms with Gasteiger partial charge in [0.1, 0.15) is 11.6 Å². The molecule has 0 spiro atoms. The number of nitrogens with zero attached hydrogens (tertiary/aromatic N) is 6. The number of hydrogen-bond acceptors (Lipinski definition) is 2. The molecule has 4 aromatic heterocycles. The third kappa shape index (κ3) is 15.8. The minimum absolute atomic E-state index is 0.400. The molecule has 6 nitrogen and oxygen atoms in total. The highest BCUT2D eigenvalue weighted by molar-refractivity contribution is 6.19. The van der Waals surface area contributed by atoms with E-state index < -0.39 is 0 Å². The Labute approximate surface area is 766 Å². The Morgan fingerprint density at radius 1 is 0.159 bits per heavy atom. The fourth-order valence-electron chi connectivity index (χ4n) is 18.7. The SMILES string of the molecule is N#Cc1ccc(-c2c(-n3c4ccc(/C=C/c5ccccc5)cc4c4cc(/C=C/c5ccccc5)ccc43)c(-n3c4ccc(/C=C/c5ccccc5)cc4c4cc(/C=C/c5ccccc5)ccc43)c(C#N)c(-n3c4ccc(/C=C/c5ccccc5)cc4c4cc(/C=C/c5ccccc5)ccc43)c2-n2c3ccc(/C=C/c4ccccc4)cc3c3cc(/C=C/c4ccccc4)ccc32)cc1. The van der Waals surface area contributed by atoms with Gasteiger partial charge in [-0.2, -0.15) is 10.5 Å². The lowest BCUT2D eigenvalue weighted by Crippen LogP contribution is -2.16. The Bertz CT molecular complexity index is 7660. The molecule has 0 aliphatic heterocycles. The second-order valence-corrected chi connectivity index (χ2v) is 33.5. The molecule has 0 bridgehead atoms. The lowest BCUT2D eigenvalue weighted by atomic mass is 9.93. The number of benzene rings is 18. The number of fused-ring (bicyclic) bond motifs is 12. The first kappa shape index (κ1) is 79.9. The van der Waals surface area contributed by atoms with E-state index in [1.54, 1.807) is 0 Å². The maximum atomic E-state index is 14.2. The standard InChI is InChI=1S/C126H84N6/c127-85-103-57-67-104(68-58-103)122-125(131-118-73-63-99(53-45-91-33-17-5-18-34-91)81-109(118)110-82-100(64-74-119(110)131)54-46-92-35-19-6-20-36-92)123(129-114-69-59-95(49-41-87-25-9-1-10-26-87)77-105(114)106-78-96(60-70-115(106)129)50-42-88-27-11-2-12-28-88)113(86-128)124(130-116-71-61-97(51-43-89-29-13-3-14-30-89)79-107(116)108-80-98(62-72-117(108)130)52-44-90-31-15-4-16-32-90)126(122)132-120-75-65-101(55-47-93-37-21-7-22-38-93)83-111(120)112-84-102(66-76-121(112)132)56-48-94-39-23-8-24-40-94/h1-84H/b49-41+,50-42+,51-43+,52-44+,53-45+,54-46+,55-47+,56-48+. The minimum atomic E-state index is 0.400. The summed E-state index contributed by atoms with van der Waals surface area (Å²) in [5.41, 5.74) is 29.1. The zero-order valence-corrected chi connectivity index (χ0v) is 72.2. The predicted octanol–water partition coefficient (Wildman–Crippen LogP) is 32.8. The van der Waals surface area contributed by atoms with Gasteiger partial charge in [-0.1, -0.05) is 401 Å². The van der Waals surface area contributed by atoms with Crippen LogP contribution in [0.4, 0.5) is 0 Å². The van der Waals surface area contributed by atoms with Crippen LogP contribution in [0.1, 0.15) is 100 Å². The van der Waals surface area contributed by atoms with E-state index >= 15 is 0 Å². The van der Waals surface area contributed by atoms with Crippen LogP contribution in [0, 0.1) is 22.7 Å². The van der Waals surface area contributed by atoms with Gasteiger partial charge in [0.05, 0.1) is 78.5 Å². The Balaban J connectivity index is 0.957. The summed E-state index contributed by atoms with van der Waals surface area (Å²) in [6, 6.07) is 152. The highest BCUT2D eigenvalue weighted by Gasteiger charge is 2.36. The van der Waals surface area contributed by atoms with Gasteiger partial charge in [0, 0.05) is 48.7 Å². The van der Waals surface area contributed by atoms with Gasteiger partial charge < -0.3 is 18.3 Å². The molecule has 0 aliphatic carbocycles. The van der Waals surface area contributed by atoms with Crippen molar-refractivity contribution < 1.29 is 0 Å². The van der Waals surface area contributed by atoms with Crippen LogP contribution in [-0.4, -0.2) is 18.3 Å². The van der Waals surface area contributed by atoms with Crippen molar-refractivity contribution in [1.29, 1.82) is 10.5 Å². The Morgan fingerprint density at radius 3 is 0.492 bits per heavy atom. The van der Waals surface area contributed by atoms with E-state index in [1.165, 1.54) is 0 Å². The highest BCUT2D eigenvalue weighted by atomic mass is 15.1. The largest absolute Gasteiger partial charge is 0.306 e. The average molecular weight is 1680 g/mol. The number of aromatic nitrogens is 4. The van der Waals surface area contributed by atoms with Gasteiger partial charge in [-0.25, -0.2) is 0 Å². The molecule has 0 N–H and O–H groups in total. The van der Waals surface area contributed by atoms with Crippen LogP contribution in [0.25, 0.3) is 218 Å². The predicted molar refractivity (Wildman–Crippen MR) is 562 cm³/mol. The molecular weight excluding hydrogens is 1600 g/mol. The Kier molecular flexibility index (Phi) is 21.5. The van der Waals surface area contributed by atoms with Crippen molar-refractivity contribution in [1.82, 2.24) is 18.3 Å². The van der Waals surface area contributed by atoms with Gasteiger partial charge in [-0.3, -0.25) is 0 Å². The van der Waals surface area contributed by atoms with Crippen molar-refractivity contribution in [3.8, 4) is 46.0 Å². The summed E-state index contributed by atoms with van der Waals surface area (Å²) < 4.78 is 9.76. The molecule has 132 heavy (non-hydrogen) atoms. The molecule has 618 valence electrons. The third-order valence-electron chi connectivity index (χ3n) is 25.1. The maximum Gasteiger partial charge on any atom is 0.104 e. The Hall–Kier alpha value is -17.9. The van der Waals surface area contributed by atoms with E-state index in [0.29, 0.717) is 22.5 Å². The van der Waals surface area contributed by atoms with Crippen LogP contribution in [0.15, 0.2) is 413 Å². The summed E-state index contributed by atoms with van der Waals surface area (Å²) in [5, 5.41) is 33.3. The summed E-state index contributed by atoms with van der Waals surface area (Å²) in [7, 11) is 0. The molecule has 18 aromatic carbocycles. The van der Waals surface area contributed by atoms with E-state index in [-0.39, 0.29) is 0 Å². The summed E-state index contributed by atoms with van der Waals surface area (Å²) >= 11 is 0. The third-order valence-corrected chi connectivity index (χ3v) is 25.1. The first-order chi connectivity index (χ1) is 65.3. The fourth-order valence-corrected chi connectivity index (χ4v) is 18.7. The van der Waals surface area contributed by atoms with Crippen molar-refractivity contribution in [2.75, 3.05) is 0 Å². The molecule has 22 rings (SSSR count). The molecule has 0 saturated heterocycles. The maximum absolute atomic E-state index is 14.2. The molecule has 0 amide bonds. The lowest BCUT2D eigenvalue weighted by Gasteiger charge is -2.29. The van der Waals surface area contributed by atoms with Crippen molar-refractivity contribution in [3.63, 3.8) is 0 Å². The molecule has 0 aliphatic rings. The molecule has 0 atom stereocenters. The topological polar surface area (TPSA) is 67.3 Å². The average Bonchev–Trinajstić information content (AvgIpc) is 1.45. The molecule has 6 heteroatoms. The van der Waals surface area contributed by atoms with E-state index in [9.17, 15) is 10.5 Å². The van der Waals surface area contributed by atoms with Crippen molar-refractivity contribution in [2.45, 2.75) is 0 Å². The summed E-state index contributed by atoms with van der Waals surface area (Å²) in [5.74, 6) is 0. The number of nitriles is 2. The first-order valence-electron chi connectivity index (χ1n) is 44.7. The zero-order valence-electron chi connectivity index (χ0n) is 72.2. The highest BCUT2D eigenvalue weighted by Crippen LogP contribution is 2.53. The molecule has 0 saturated carbocycles. The van der Waals surface area contributed by atoms with Gasteiger partial charge in [-0.15, -0.1) is 0 Å². The number of hydrogen-bond donors (Lipinski definition) is 0. The monoisotopic (exact) mass is 1680 g/mol.